The number of ether oxygens (including phenoxy) is 1. The average molecular weight is 425 g/mol. The summed E-state index contributed by atoms with van der Waals surface area (Å²) in [5.74, 6) is 0.258. The Morgan fingerprint density at radius 3 is 2.68 bits per heavy atom. The fourth-order valence-electron chi connectivity index (χ4n) is 2.01. The van der Waals surface area contributed by atoms with Crippen molar-refractivity contribution >= 4 is 48.9 Å². The molecule has 0 spiro atoms. The van der Waals surface area contributed by atoms with Crippen LogP contribution in [0.3, 0.4) is 0 Å². The molecule has 0 atom stereocenters. The summed E-state index contributed by atoms with van der Waals surface area (Å²) in [6, 6.07) is 6.83. The maximum absolute atomic E-state index is 12.9. The first-order valence-electron chi connectivity index (χ1n) is 6.45. The van der Waals surface area contributed by atoms with Crippen LogP contribution < -0.4 is 4.74 Å². The smallest absolute Gasteiger partial charge is 0.247 e. The second-order valence-electron chi connectivity index (χ2n) is 4.43. The van der Waals surface area contributed by atoms with Crippen molar-refractivity contribution in [3.63, 3.8) is 0 Å². The number of benzene rings is 1. The Hall–Kier alpha value is -0.600. The molecule has 0 unspecified atom stereocenters. The largest absolute Gasteiger partial charge is 0.494 e. The molecule has 0 aliphatic heterocycles. The lowest BCUT2D eigenvalue weighted by molar-refractivity contribution is 0.390. The molecule has 2 aromatic rings. The molecule has 8 heteroatoms. The summed E-state index contributed by atoms with van der Waals surface area (Å²) in [7, 11) is -2.28. The topological polar surface area (TPSA) is 46.6 Å². The number of thiophene rings is 1. The van der Waals surface area contributed by atoms with E-state index in [9.17, 15) is 8.42 Å². The van der Waals surface area contributed by atoms with E-state index in [1.54, 1.807) is 13.0 Å². The highest BCUT2D eigenvalue weighted by Gasteiger charge is 2.28. The van der Waals surface area contributed by atoms with Crippen LogP contribution >= 0.6 is 38.9 Å². The minimum Gasteiger partial charge on any atom is -0.494 e. The lowest BCUT2D eigenvalue weighted by Crippen LogP contribution is -2.30. The molecule has 0 bridgehead atoms. The van der Waals surface area contributed by atoms with Crippen LogP contribution in [0, 0.1) is 0 Å². The third-order valence-electron chi connectivity index (χ3n) is 3.06. The van der Waals surface area contributed by atoms with Crippen molar-refractivity contribution in [2.24, 2.45) is 0 Å². The third-order valence-corrected chi connectivity index (χ3v) is 6.66. The lowest BCUT2D eigenvalue weighted by Gasteiger charge is -2.21. The van der Waals surface area contributed by atoms with Gasteiger partial charge in [-0.1, -0.05) is 24.6 Å². The van der Waals surface area contributed by atoms with E-state index in [1.165, 1.54) is 28.8 Å². The predicted molar refractivity (Wildman–Crippen MR) is 93.3 cm³/mol. The van der Waals surface area contributed by atoms with Crippen molar-refractivity contribution < 1.29 is 13.2 Å². The van der Waals surface area contributed by atoms with Gasteiger partial charge in [-0.3, -0.25) is 0 Å². The highest BCUT2D eigenvalue weighted by molar-refractivity contribution is 9.10. The summed E-state index contributed by atoms with van der Waals surface area (Å²) in [5.41, 5.74) is 0. The molecule has 0 N–H and O–H groups in total. The summed E-state index contributed by atoms with van der Waals surface area (Å²) < 4.78 is 33.0. The SMILES string of the molecule is CCN(Cc1cccs1)S(=O)(=O)c1cc(Cl)cc(Br)c1OC. The average Bonchev–Trinajstić information content (AvgIpc) is 2.96. The highest BCUT2D eigenvalue weighted by atomic mass is 79.9. The summed E-state index contributed by atoms with van der Waals surface area (Å²) in [5, 5.41) is 2.25. The number of sulfonamides is 1. The van der Waals surface area contributed by atoms with Gasteiger partial charge in [0.05, 0.1) is 11.6 Å². The number of hydrogen-bond donors (Lipinski definition) is 0. The molecule has 120 valence electrons. The molecule has 0 aliphatic carbocycles. The van der Waals surface area contributed by atoms with E-state index in [0.717, 1.165) is 4.88 Å². The van der Waals surface area contributed by atoms with E-state index in [-0.39, 0.29) is 10.6 Å². The van der Waals surface area contributed by atoms with Crippen molar-refractivity contribution in [3.8, 4) is 5.75 Å². The van der Waals surface area contributed by atoms with Crippen molar-refractivity contribution in [2.75, 3.05) is 13.7 Å². The van der Waals surface area contributed by atoms with Gasteiger partial charge in [0.15, 0.2) is 5.75 Å². The molecule has 0 fully saturated rings. The van der Waals surface area contributed by atoms with E-state index in [2.05, 4.69) is 15.9 Å². The molecular weight excluding hydrogens is 410 g/mol. The Labute approximate surface area is 147 Å². The van der Waals surface area contributed by atoms with E-state index < -0.39 is 10.0 Å². The van der Waals surface area contributed by atoms with Crippen molar-refractivity contribution in [1.82, 2.24) is 4.31 Å². The first-order chi connectivity index (χ1) is 10.4. The molecule has 4 nitrogen and oxygen atoms in total. The van der Waals surface area contributed by atoms with E-state index in [4.69, 9.17) is 16.3 Å². The van der Waals surface area contributed by atoms with E-state index >= 15 is 0 Å². The van der Waals surface area contributed by atoms with Gasteiger partial charge in [0, 0.05) is 23.0 Å². The van der Waals surface area contributed by atoms with E-state index in [0.29, 0.717) is 22.6 Å². The van der Waals surface area contributed by atoms with Gasteiger partial charge < -0.3 is 4.74 Å². The number of methoxy groups -OCH3 is 1. The molecule has 1 aromatic heterocycles. The van der Waals surface area contributed by atoms with Gasteiger partial charge in [0.2, 0.25) is 10.0 Å². The second-order valence-corrected chi connectivity index (χ2v) is 8.66. The molecule has 0 saturated carbocycles. The zero-order valence-electron chi connectivity index (χ0n) is 12.0. The molecule has 1 aromatic carbocycles. The van der Waals surface area contributed by atoms with Crippen LogP contribution in [0.15, 0.2) is 39.0 Å². The number of rotatable bonds is 6. The van der Waals surface area contributed by atoms with Crippen LogP contribution in [-0.4, -0.2) is 26.4 Å². The number of nitrogens with zero attached hydrogens (tertiary/aromatic N) is 1. The summed E-state index contributed by atoms with van der Waals surface area (Å²) in [4.78, 5) is 1.04. The van der Waals surface area contributed by atoms with E-state index in [1.807, 2.05) is 17.5 Å². The Balaban J connectivity index is 2.48. The van der Waals surface area contributed by atoms with Crippen LogP contribution in [0.4, 0.5) is 0 Å². The zero-order chi connectivity index (χ0) is 16.3. The van der Waals surface area contributed by atoms with Crippen LogP contribution in [0.5, 0.6) is 5.75 Å². The summed E-state index contributed by atoms with van der Waals surface area (Å²) in [6.07, 6.45) is 0. The maximum Gasteiger partial charge on any atom is 0.247 e. The molecule has 0 radical (unpaired) electrons. The minimum absolute atomic E-state index is 0.0628. The first kappa shape index (κ1) is 17.7. The van der Waals surface area contributed by atoms with Crippen LogP contribution in [0.1, 0.15) is 11.8 Å². The monoisotopic (exact) mass is 423 g/mol. The normalized spacial score (nSPS) is 11.9. The fraction of sp³-hybridized carbons (Fsp3) is 0.286. The number of halogens is 2. The third kappa shape index (κ3) is 3.65. The van der Waals surface area contributed by atoms with Crippen LogP contribution in [-0.2, 0) is 16.6 Å². The Morgan fingerprint density at radius 1 is 1.41 bits per heavy atom. The molecule has 0 aliphatic rings. The van der Waals surface area contributed by atoms with Gasteiger partial charge in [0.25, 0.3) is 0 Å². The first-order valence-corrected chi connectivity index (χ1v) is 9.94. The molecule has 1 heterocycles. The Bertz CT molecular complexity index is 748. The molecule has 2 rings (SSSR count). The van der Waals surface area contributed by atoms with Crippen LogP contribution in [0.2, 0.25) is 5.02 Å². The quantitative estimate of drug-likeness (QED) is 0.691. The Morgan fingerprint density at radius 2 is 2.14 bits per heavy atom. The van der Waals surface area contributed by atoms with Crippen LogP contribution in [0.25, 0.3) is 0 Å². The van der Waals surface area contributed by atoms with Gasteiger partial charge in [0.1, 0.15) is 4.90 Å². The number of hydrogen-bond acceptors (Lipinski definition) is 4. The van der Waals surface area contributed by atoms with Gasteiger partial charge in [-0.15, -0.1) is 11.3 Å². The summed E-state index contributed by atoms with van der Waals surface area (Å²) in [6.45, 7) is 2.48. The lowest BCUT2D eigenvalue weighted by atomic mass is 10.3. The minimum atomic E-state index is -3.71. The maximum atomic E-state index is 12.9. The molecule has 0 amide bonds. The van der Waals surface area contributed by atoms with Crippen molar-refractivity contribution in [2.45, 2.75) is 18.4 Å². The van der Waals surface area contributed by atoms with Crippen molar-refractivity contribution in [3.05, 3.63) is 44.0 Å². The molecule has 0 saturated heterocycles. The standard InChI is InChI=1S/C14H15BrClNO3S2/c1-3-17(9-11-5-4-6-21-11)22(18,19)13-8-10(16)7-12(15)14(13)20-2/h4-8H,3,9H2,1-2H3. The highest BCUT2D eigenvalue weighted by Crippen LogP contribution is 2.37. The zero-order valence-corrected chi connectivity index (χ0v) is 16.0. The predicted octanol–water partition coefficient (Wildman–Crippen LogP) is 4.38. The van der Waals surface area contributed by atoms with Gasteiger partial charge in [-0.25, -0.2) is 8.42 Å². The Kier molecular flexibility index (Phi) is 5.90. The van der Waals surface area contributed by atoms with Gasteiger partial charge >= 0.3 is 0 Å². The molecular formula is C14H15BrClNO3S2. The molecule has 22 heavy (non-hydrogen) atoms. The van der Waals surface area contributed by atoms with Crippen molar-refractivity contribution in [1.29, 1.82) is 0 Å². The second kappa shape index (κ2) is 7.31. The van der Waals surface area contributed by atoms with Gasteiger partial charge in [-0.05, 0) is 39.5 Å². The van der Waals surface area contributed by atoms with Gasteiger partial charge in [-0.2, -0.15) is 4.31 Å². The fourth-order valence-corrected chi connectivity index (χ4v) is 5.61. The summed E-state index contributed by atoms with van der Waals surface area (Å²) >= 11 is 10.8.